The Hall–Kier alpha value is -1.51. The quantitative estimate of drug-likeness (QED) is 0.590. The topological polar surface area (TPSA) is 17.3 Å². The standard InChI is InChI=1S/C16H14Cl2N2/c1-10-7-8-20-14(9-10)19-15(16(20)11(2)17)12-3-5-13(18)6-4-12/h3-9,11H,1-2H3. The van der Waals surface area contributed by atoms with Crippen molar-refractivity contribution in [1.29, 1.82) is 0 Å². The van der Waals surface area contributed by atoms with Crippen molar-refractivity contribution in [2.24, 2.45) is 0 Å². The Balaban J connectivity index is 2.28. The molecule has 0 aliphatic rings. The Labute approximate surface area is 128 Å². The molecule has 0 amide bonds. The Morgan fingerprint density at radius 2 is 1.85 bits per heavy atom. The number of hydrogen-bond donors (Lipinski definition) is 0. The van der Waals surface area contributed by atoms with Gasteiger partial charge in [-0.15, -0.1) is 11.6 Å². The van der Waals surface area contributed by atoms with Gasteiger partial charge in [-0.3, -0.25) is 0 Å². The van der Waals surface area contributed by atoms with Crippen molar-refractivity contribution < 1.29 is 0 Å². The van der Waals surface area contributed by atoms with Crippen LogP contribution in [0.3, 0.4) is 0 Å². The fraction of sp³-hybridized carbons (Fsp3) is 0.188. The minimum absolute atomic E-state index is 0.126. The third-order valence-electron chi connectivity index (χ3n) is 3.31. The molecule has 102 valence electrons. The first kappa shape index (κ1) is 13.5. The number of imidazole rings is 1. The number of nitrogens with zero attached hydrogens (tertiary/aromatic N) is 2. The number of alkyl halides is 1. The molecular formula is C16H14Cl2N2. The second-order valence-corrected chi connectivity index (χ2v) is 5.99. The van der Waals surface area contributed by atoms with E-state index in [2.05, 4.69) is 23.5 Å². The number of halogens is 2. The van der Waals surface area contributed by atoms with Gasteiger partial charge in [0.15, 0.2) is 0 Å². The highest BCUT2D eigenvalue weighted by atomic mass is 35.5. The van der Waals surface area contributed by atoms with Crippen molar-refractivity contribution >= 4 is 28.8 Å². The summed E-state index contributed by atoms with van der Waals surface area (Å²) in [5.74, 6) is 0. The SMILES string of the molecule is Cc1ccn2c(C(C)Cl)c(-c3ccc(Cl)cc3)nc2c1. The Morgan fingerprint density at radius 1 is 1.15 bits per heavy atom. The molecule has 2 aromatic heterocycles. The molecule has 2 heterocycles. The normalized spacial score (nSPS) is 12.8. The Morgan fingerprint density at radius 3 is 2.50 bits per heavy atom. The summed E-state index contributed by atoms with van der Waals surface area (Å²) >= 11 is 12.3. The van der Waals surface area contributed by atoms with Gasteiger partial charge in [-0.1, -0.05) is 23.7 Å². The zero-order valence-electron chi connectivity index (χ0n) is 11.3. The lowest BCUT2D eigenvalue weighted by molar-refractivity contribution is 0.963. The summed E-state index contributed by atoms with van der Waals surface area (Å²) in [5.41, 5.74) is 5.04. The first-order valence-corrected chi connectivity index (χ1v) is 7.26. The molecule has 0 N–H and O–H groups in total. The van der Waals surface area contributed by atoms with E-state index in [1.54, 1.807) is 0 Å². The average molecular weight is 305 g/mol. The molecule has 0 spiro atoms. The van der Waals surface area contributed by atoms with E-state index in [1.807, 2.05) is 37.4 Å². The van der Waals surface area contributed by atoms with Gasteiger partial charge >= 0.3 is 0 Å². The van der Waals surface area contributed by atoms with Gasteiger partial charge in [0.05, 0.1) is 16.8 Å². The van der Waals surface area contributed by atoms with Crippen molar-refractivity contribution in [3.05, 3.63) is 58.9 Å². The van der Waals surface area contributed by atoms with Crippen LogP contribution in [0.25, 0.3) is 16.9 Å². The molecule has 2 nitrogen and oxygen atoms in total. The fourth-order valence-electron chi connectivity index (χ4n) is 2.37. The first-order chi connectivity index (χ1) is 9.56. The highest BCUT2D eigenvalue weighted by molar-refractivity contribution is 6.30. The van der Waals surface area contributed by atoms with Gasteiger partial charge in [0.2, 0.25) is 0 Å². The highest BCUT2D eigenvalue weighted by Gasteiger charge is 2.17. The Bertz CT molecular complexity index is 758. The van der Waals surface area contributed by atoms with Gasteiger partial charge < -0.3 is 4.40 Å². The van der Waals surface area contributed by atoms with Gasteiger partial charge in [0.1, 0.15) is 5.65 Å². The minimum atomic E-state index is -0.126. The van der Waals surface area contributed by atoms with Gasteiger partial charge in [-0.25, -0.2) is 4.98 Å². The van der Waals surface area contributed by atoms with Gasteiger partial charge in [-0.05, 0) is 43.7 Å². The summed E-state index contributed by atoms with van der Waals surface area (Å²) in [6.07, 6.45) is 2.02. The number of fused-ring (bicyclic) bond motifs is 1. The fourth-order valence-corrected chi connectivity index (χ4v) is 2.70. The van der Waals surface area contributed by atoms with Crippen LogP contribution in [0.2, 0.25) is 5.02 Å². The number of aromatic nitrogens is 2. The Kier molecular flexibility index (Phi) is 3.45. The molecule has 1 atom stereocenters. The maximum absolute atomic E-state index is 6.36. The molecule has 0 saturated carbocycles. The lowest BCUT2D eigenvalue weighted by Crippen LogP contribution is -1.95. The van der Waals surface area contributed by atoms with Gasteiger partial charge in [0, 0.05) is 16.8 Å². The second kappa shape index (κ2) is 5.12. The van der Waals surface area contributed by atoms with Crippen LogP contribution in [0.1, 0.15) is 23.6 Å². The van der Waals surface area contributed by atoms with Crippen LogP contribution in [-0.2, 0) is 0 Å². The van der Waals surface area contributed by atoms with Crippen molar-refractivity contribution in [3.63, 3.8) is 0 Å². The number of aryl methyl sites for hydroxylation is 1. The van der Waals surface area contributed by atoms with E-state index >= 15 is 0 Å². The highest BCUT2D eigenvalue weighted by Crippen LogP contribution is 2.32. The summed E-state index contributed by atoms with van der Waals surface area (Å²) in [6.45, 7) is 4.02. The van der Waals surface area contributed by atoms with E-state index < -0.39 is 0 Å². The third kappa shape index (κ3) is 2.30. The van der Waals surface area contributed by atoms with Crippen molar-refractivity contribution in [2.45, 2.75) is 19.2 Å². The third-order valence-corrected chi connectivity index (χ3v) is 3.77. The smallest absolute Gasteiger partial charge is 0.137 e. The predicted molar refractivity (Wildman–Crippen MR) is 84.6 cm³/mol. The molecule has 3 rings (SSSR count). The lowest BCUT2D eigenvalue weighted by atomic mass is 10.1. The van der Waals surface area contributed by atoms with E-state index in [1.165, 1.54) is 5.56 Å². The van der Waals surface area contributed by atoms with Crippen LogP contribution in [0.5, 0.6) is 0 Å². The number of pyridine rings is 1. The molecule has 4 heteroatoms. The van der Waals surface area contributed by atoms with E-state index in [4.69, 9.17) is 28.2 Å². The molecule has 0 aliphatic heterocycles. The first-order valence-electron chi connectivity index (χ1n) is 6.45. The average Bonchev–Trinajstić information content (AvgIpc) is 2.77. The monoisotopic (exact) mass is 304 g/mol. The summed E-state index contributed by atoms with van der Waals surface area (Å²) in [4.78, 5) is 4.73. The van der Waals surface area contributed by atoms with Crippen LogP contribution < -0.4 is 0 Å². The molecule has 3 aromatic rings. The van der Waals surface area contributed by atoms with Gasteiger partial charge in [-0.2, -0.15) is 0 Å². The van der Waals surface area contributed by atoms with E-state index in [9.17, 15) is 0 Å². The van der Waals surface area contributed by atoms with Crippen molar-refractivity contribution in [3.8, 4) is 11.3 Å². The molecule has 0 aliphatic carbocycles. The molecular weight excluding hydrogens is 291 g/mol. The van der Waals surface area contributed by atoms with Crippen LogP contribution >= 0.6 is 23.2 Å². The molecule has 0 radical (unpaired) electrons. The van der Waals surface area contributed by atoms with Crippen LogP contribution in [0.15, 0.2) is 42.6 Å². The minimum Gasteiger partial charge on any atom is -0.302 e. The van der Waals surface area contributed by atoms with E-state index in [0.717, 1.165) is 22.6 Å². The molecule has 0 fully saturated rings. The summed E-state index contributed by atoms with van der Waals surface area (Å²) in [7, 11) is 0. The van der Waals surface area contributed by atoms with Crippen molar-refractivity contribution in [1.82, 2.24) is 9.38 Å². The zero-order valence-corrected chi connectivity index (χ0v) is 12.8. The largest absolute Gasteiger partial charge is 0.302 e. The summed E-state index contributed by atoms with van der Waals surface area (Å²) < 4.78 is 2.05. The molecule has 0 bridgehead atoms. The number of hydrogen-bond acceptors (Lipinski definition) is 1. The zero-order chi connectivity index (χ0) is 14.3. The summed E-state index contributed by atoms with van der Waals surface area (Å²) in [6, 6.07) is 11.8. The maximum atomic E-state index is 6.36. The molecule has 20 heavy (non-hydrogen) atoms. The predicted octanol–water partition coefficient (Wildman–Crippen LogP) is 5.26. The maximum Gasteiger partial charge on any atom is 0.137 e. The van der Waals surface area contributed by atoms with Crippen LogP contribution in [0, 0.1) is 6.92 Å². The van der Waals surface area contributed by atoms with E-state index in [-0.39, 0.29) is 5.38 Å². The van der Waals surface area contributed by atoms with E-state index in [0.29, 0.717) is 5.02 Å². The second-order valence-electron chi connectivity index (χ2n) is 4.90. The summed E-state index contributed by atoms with van der Waals surface area (Å²) in [5, 5.41) is 0.590. The molecule has 0 saturated heterocycles. The number of benzene rings is 1. The van der Waals surface area contributed by atoms with Crippen LogP contribution in [0.4, 0.5) is 0 Å². The lowest BCUT2D eigenvalue weighted by Gasteiger charge is -2.07. The number of rotatable bonds is 2. The van der Waals surface area contributed by atoms with Crippen molar-refractivity contribution in [2.75, 3.05) is 0 Å². The molecule has 1 unspecified atom stereocenters. The van der Waals surface area contributed by atoms with Gasteiger partial charge in [0.25, 0.3) is 0 Å². The molecule has 1 aromatic carbocycles. The van der Waals surface area contributed by atoms with Crippen LogP contribution in [-0.4, -0.2) is 9.38 Å².